The molecule has 2 aromatic heterocycles. The van der Waals surface area contributed by atoms with Gasteiger partial charge in [0, 0.05) is 12.8 Å². The molecular weight excluding hydrogens is 329 g/mol. The van der Waals surface area contributed by atoms with Crippen LogP contribution in [0.25, 0.3) is 11.4 Å². The zero-order valence-corrected chi connectivity index (χ0v) is 12.7. The van der Waals surface area contributed by atoms with E-state index in [1.807, 2.05) is 30.3 Å². The van der Waals surface area contributed by atoms with Gasteiger partial charge in [-0.05, 0) is 5.56 Å². The van der Waals surface area contributed by atoms with Gasteiger partial charge in [-0.2, -0.15) is 23.3 Å². The van der Waals surface area contributed by atoms with Crippen LogP contribution in [-0.2, 0) is 19.0 Å². The van der Waals surface area contributed by atoms with Crippen molar-refractivity contribution in [2.24, 2.45) is 7.05 Å². The predicted molar refractivity (Wildman–Crippen MR) is 77.5 cm³/mol. The number of rotatable bonds is 4. The molecule has 1 aromatic carbocycles. The topological polar surface area (TPSA) is 56.7 Å². The first-order chi connectivity index (χ1) is 10.9. The van der Waals surface area contributed by atoms with E-state index in [0.717, 1.165) is 5.56 Å². The van der Waals surface area contributed by atoms with E-state index in [4.69, 9.17) is 0 Å². The van der Waals surface area contributed by atoms with Crippen molar-refractivity contribution in [1.29, 1.82) is 0 Å². The number of benzene rings is 1. The number of aryl methyl sites for hydroxylation is 1. The Hall–Kier alpha value is -2.29. The first-order valence-corrected chi connectivity index (χ1v) is 7.53. The van der Waals surface area contributed by atoms with Crippen LogP contribution in [0.4, 0.5) is 13.2 Å². The molecule has 0 aliphatic heterocycles. The van der Waals surface area contributed by atoms with E-state index in [-0.39, 0.29) is 5.82 Å². The van der Waals surface area contributed by atoms with Gasteiger partial charge in [-0.3, -0.25) is 4.68 Å². The first kappa shape index (κ1) is 15.6. The maximum atomic E-state index is 12.6. The van der Waals surface area contributed by atoms with Crippen molar-refractivity contribution in [1.82, 2.24) is 19.9 Å². The summed E-state index contributed by atoms with van der Waals surface area (Å²) >= 11 is 1.44. The van der Waals surface area contributed by atoms with Crippen LogP contribution in [0.3, 0.4) is 0 Å². The van der Waals surface area contributed by atoms with E-state index >= 15 is 0 Å². The summed E-state index contributed by atoms with van der Waals surface area (Å²) < 4.78 is 43.6. The molecule has 120 valence electrons. The Bertz CT molecular complexity index is 798. The number of aromatic nitrogens is 4. The highest BCUT2D eigenvalue weighted by atomic mass is 32.2. The van der Waals surface area contributed by atoms with Crippen molar-refractivity contribution < 1.29 is 17.7 Å². The molecule has 0 N–H and O–H groups in total. The molecule has 0 saturated heterocycles. The molecule has 3 aromatic rings. The second-order valence-corrected chi connectivity index (χ2v) is 5.65. The molecule has 0 atom stereocenters. The molecule has 0 aliphatic carbocycles. The second-order valence-electron chi connectivity index (χ2n) is 4.68. The Kier molecular flexibility index (Phi) is 4.12. The van der Waals surface area contributed by atoms with Crippen LogP contribution in [0.1, 0.15) is 11.5 Å². The van der Waals surface area contributed by atoms with E-state index in [1.54, 1.807) is 11.7 Å². The minimum Gasteiger partial charge on any atom is -0.329 e. The van der Waals surface area contributed by atoms with Crippen molar-refractivity contribution in [3.8, 4) is 11.4 Å². The number of alkyl halides is 3. The van der Waals surface area contributed by atoms with Crippen molar-refractivity contribution in [3.63, 3.8) is 0 Å². The summed E-state index contributed by atoms with van der Waals surface area (Å²) in [4.78, 5) is 3.41. The minimum atomic E-state index is -4.66. The van der Waals surface area contributed by atoms with Crippen molar-refractivity contribution in [3.05, 3.63) is 48.0 Å². The van der Waals surface area contributed by atoms with Crippen LogP contribution in [0.5, 0.6) is 0 Å². The van der Waals surface area contributed by atoms with Crippen molar-refractivity contribution in [2.75, 3.05) is 0 Å². The molecular formula is C14H11F3N4OS. The molecule has 3 rings (SSSR count). The molecule has 0 radical (unpaired) electrons. The fraction of sp³-hybridized carbons (Fsp3) is 0.214. The lowest BCUT2D eigenvalue weighted by molar-refractivity contribution is -0.159. The average Bonchev–Trinajstić information content (AvgIpc) is 3.12. The number of hydrogen-bond donors (Lipinski definition) is 0. The molecule has 0 unspecified atom stereocenters. The molecule has 0 aliphatic rings. The second kappa shape index (κ2) is 6.07. The SMILES string of the molecule is Cn1ncc(-c2noc(C(F)(F)F)n2)c1SCc1ccccc1. The number of thioether (sulfide) groups is 1. The third-order valence-electron chi connectivity index (χ3n) is 3.01. The van der Waals surface area contributed by atoms with Crippen LogP contribution in [0.2, 0.25) is 0 Å². The number of nitrogens with zero attached hydrogens (tertiary/aromatic N) is 4. The summed E-state index contributed by atoms with van der Waals surface area (Å²) in [5.41, 5.74) is 1.50. The van der Waals surface area contributed by atoms with Gasteiger partial charge in [0.15, 0.2) is 0 Å². The highest BCUT2D eigenvalue weighted by Gasteiger charge is 2.38. The van der Waals surface area contributed by atoms with Crippen molar-refractivity contribution in [2.45, 2.75) is 17.0 Å². The molecule has 5 nitrogen and oxygen atoms in total. The van der Waals surface area contributed by atoms with Gasteiger partial charge in [-0.25, -0.2) is 0 Å². The molecule has 0 bridgehead atoms. The molecule has 2 heterocycles. The van der Waals surface area contributed by atoms with E-state index in [2.05, 4.69) is 19.8 Å². The van der Waals surface area contributed by atoms with Gasteiger partial charge in [0.2, 0.25) is 5.82 Å². The van der Waals surface area contributed by atoms with Crippen molar-refractivity contribution >= 4 is 11.8 Å². The highest BCUT2D eigenvalue weighted by Crippen LogP contribution is 2.34. The minimum absolute atomic E-state index is 0.124. The Morgan fingerprint density at radius 1 is 1.22 bits per heavy atom. The third-order valence-corrected chi connectivity index (χ3v) is 4.25. The zero-order valence-electron chi connectivity index (χ0n) is 11.9. The lowest BCUT2D eigenvalue weighted by Gasteiger charge is -2.04. The van der Waals surface area contributed by atoms with Gasteiger partial charge in [-0.1, -0.05) is 35.5 Å². The fourth-order valence-electron chi connectivity index (χ4n) is 1.92. The van der Waals surface area contributed by atoms with E-state index in [1.165, 1.54) is 18.0 Å². The quantitative estimate of drug-likeness (QED) is 0.677. The molecule has 0 saturated carbocycles. The summed E-state index contributed by atoms with van der Waals surface area (Å²) in [5, 5.41) is 8.15. The van der Waals surface area contributed by atoms with E-state index < -0.39 is 12.1 Å². The summed E-state index contributed by atoms with van der Waals surface area (Å²) in [7, 11) is 1.71. The molecule has 0 spiro atoms. The summed E-state index contributed by atoms with van der Waals surface area (Å²) in [6.45, 7) is 0. The predicted octanol–water partition coefficient (Wildman–Crippen LogP) is 3.78. The number of hydrogen-bond acceptors (Lipinski definition) is 5. The van der Waals surface area contributed by atoms with Gasteiger partial charge in [0.1, 0.15) is 5.03 Å². The standard InChI is InChI=1S/C14H11F3N4OS/c1-21-12(23-8-9-5-3-2-4-6-9)10(7-18-21)11-19-13(22-20-11)14(15,16)17/h2-7H,8H2,1H3. The smallest absolute Gasteiger partial charge is 0.329 e. The average molecular weight is 340 g/mol. The molecule has 9 heteroatoms. The summed E-state index contributed by atoms with van der Waals surface area (Å²) in [6.07, 6.45) is -3.23. The summed E-state index contributed by atoms with van der Waals surface area (Å²) in [5.74, 6) is -0.839. The highest BCUT2D eigenvalue weighted by molar-refractivity contribution is 7.98. The van der Waals surface area contributed by atoms with Crippen LogP contribution in [-0.4, -0.2) is 19.9 Å². The maximum Gasteiger partial charge on any atom is 0.471 e. The van der Waals surface area contributed by atoms with Gasteiger partial charge in [0.05, 0.1) is 11.8 Å². The first-order valence-electron chi connectivity index (χ1n) is 6.55. The summed E-state index contributed by atoms with van der Waals surface area (Å²) in [6, 6.07) is 9.71. The Morgan fingerprint density at radius 3 is 2.61 bits per heavy atom. The van der Waals surface area contributed by atoms with E-state index in [0.29, 0.717) is 16.3 Å². The monoisotopic (exact) mass is 340 g/mol. The molecule has 0 fully saturated rings. The number of halogens is 3. The largest absolute Gasteiger partial charge is 0.471 e. The van der Waals surface area contributed by atoms with E-state index in [9.17, 15) is 13.2 Å². The Labute approximate surface area is 133 Å². The zero-order chi connectivity index (χ0) is 16.4. The fourth-order valence-corrected chi connectivity index (χ4v) is 2.95. The van der Waals surface area contributed by atoms with Crippen LogP contribution in [0.15, 0.2) is 46.1 Å². The molecule has 0 amide bonds. The normalized spacial score (nSPS) is 11.8. The lowest BCUT2D eigenvalue weighted by atomic mass is 10.2. The molecule has 23 heavy (non-hydrogen) atoms. The maximum absolute atomic E-state index is 12.6. The Balaban J connectivity index is 1.85. The van der Waals surface area contributed by atoms with Gasteiger partial charge >= 0.3 is 12.1 Å². The lowest BCUT2D eigenvalue weighted by Crippen LogP contribution is -2.04. The van der Waals surface area contributed by atoms with Crippen LogP contribution >= 0.6 is 11.8 Å². The van der Waals surface area contributed by atoms with Gasteiger partial charge in [-0.15, -0.1) is 11.8 Å². The third kappa shape index (κ3) is 3.39. The Morgan fingerprint density at radius 2 is 1.96 bits per heavy atom. The van der Waals surface area contributed by atoms with Crippen LogP contribution in [0, 0.1) is 0 Å². The van der Waals surface area contributed by atoms with Gasteiger partial charge < -0.3 is 4.52 Å². The van der Waals surface area contributed by atoms with Crippen LogP contribution < -0.4 is 0 Å². The van der Waals surface area contributed by atoms with Gasteiger partial charge in [0.25, 0.3) is 0 Å².